The summed E-state index contributed by atoms with van der Waals surface area (Å²) in [7, 11) is 0. The third-order valence-electron chi connectivity index (χ3n) is 14.6. The topological polar surface area (TPSA) is 16.4 Å². The summed E-state index contributed by atoms with van der Waals surface area (Å²) in [6.45, 7) is 0. The van der Waals surface area contributed by atoms with Crippen molar-refractivity contribution in [2.75, 3.05) is 4.90 Å². The highest BCUT2D eigenvalue weighted by Gasteiger charge is 2.52. The Morgan fingerprint density at radius 2 is 0.781 bits per heavy atom. The van der Waals surface area contributed by atoms with Gasteiger partial charge in [0, 0.05) is 33.8 Å². The molecule has 14 rings (SSSR count). The van der Waals surface area contributed by atoms with Crippen molar-refractivity contribution in [3.63, 3.8) is 0 Å². The van der Waals surface area contributed by atoms with Crippen LogP contribution in [0.25, 0.3) is 55.3 Å². The van der Waals surface area contributed by atoms with Gasteiger partial charge in [0.05, 0.1) is 16.5 Å². The second-order valence-electron chi connectivity index (χ2n) is 17.4. The summed E-state index contributed by atoms with van der Waals surface area (Å²) in [5, 5.41) is 2.24. The molecule has 0 N–H and O–H groups in total. The van der Waals surface area contributed by atoms with Gasteiger partial charge in [0.15, 0.2) is 0 Å². The summed E-state index contributed by atoms with van der Waals surface area (Å²) in [5.41, 5.74) is 22.0. The summed E-state index contributed by atoms with van der Waals surface area (Å²) < 4.78 is 7.05. The van der Waals surface area contributed by atoms with Gasteiger partial charge >= 0.3 is 0 Å². The molecule has 3 aliphatic carbocycles. The highest BCUT2D eigenvalue weighted by molar-refractivity contribution is 6.10. The zero-order chi connectivity index (χ0) is 42.0. The molecule has 0 saturated heterocycles. The smallest absolute Gasteiger partial charge is 0.137 e. The lowest BCUT2D eigenvalue weighted by atomic mass is 9.66. The minimum atomic E-state index is -0.551. The predicted octanol–water partition coefficient (Wildman–Crippen LogP) is 15.8. The van der Waals surface area contributed by atoms with Crippen LogP contribution in [0.3, 0.4) is 0 Å². The fourth-order valence-electron chi connectivity index (χ4n) is 12.3. The van der Waals surface area contributed by atoms with Gasteiger partial charge in [-0.1, -0.05) is 194 Å². The van der Waals surface area contributed by atoms with E-state index in [2.05, 4.69) is 241 Å². The van der Waals surface area contributed by atoms with Gasteiger partial charge in [0.1, 0.15) is 11.2 Å². The summed E-state index contributed by atoms with van der Waals surface area (Å²) in [6, 6.07) is 87.3. The number of para-hydroxylation sites is 1. The average molecular weight is 814 g/mol. The van der Waals surface area contributed by atoms with Crippen LogP contribution in [0.15, 0.2) is 241 Å². The van der Waals surface area contributed by atoms with Crippen molar-refractivity contribution in [1.82, 2.24) is 0 Å². The normalized spacial score (nSPS) is 14.2. The second kappa shape index (κ2) is 13.2. The predicted molar refractivity (Wildman–Crippen MR) is 262 cm³/mol. The first-order valence-electron chi connectivity index (χ1n) is 22.3. The van der Waals surface area contributed by atoms with Gasteiger partial charge in [0.25, 0.3) is 0 Å². The molecule has 1 spiro atoms. The quantitative estimate of drug-likeness (QED) is 0.172. The summed E-state index contributed by atoms with van der Waals surface area (Å²) >= 11 is 0. The molecule has 0 amide bonds. The second-order valence-corrected chi connectivity index (χ2v) is 17.4. The fraction of sp³-hybridized carbons (Fsp3) is 0.0323. The maximum atomic E-state index is 7.05. The lowest BCUT2D eigenvalue weighted by Gasteiger charge is -2.34. The lowest BCUT2D eigenvalue weighted by molar-refractivity contribution is 0.667. The number of hydrogen-bond donors (Lipinski definition) is 0. The maximum absolute atomic E-state index is 7.05. The molecule has 0 bridgehead atoms. The molecule has 0 unspecified atom stereocenters. The average Bonchev–Trinajstić information content (AvgIpc) is 4.08. The number of furan rings is 1. The first kappa shape index (κ1) is 35.4. The number of fused-ring (bicyclic) bond motifs is 16. The van der Waals surface area contributed by atoms with E-state index in [-0.39, 0.29) is 0 Å². The first-order valence-corrected chi connectivity index (χ1v) is 22.3. The Morgan fingerprint density at radius 1 is 0.312 bits per heavy atom. The van der Waals surface area contributed by atoms with Crippen molar-refractivity contribution in [3.8, 4) is 33.4 Å². The van der Waals surface area contributed by atoms with Crippen LogP contribution < -0.4 is 4.90 Å². The number of hydrogen-bond acceptors (Lipinski definition) is 2. The van der Waals surface area contributed by atoms with Crippen LogP contribution in [-0.2, 0) is 10.8 Å². The van der Waals surface area contributed by atoms with Gasteiger partial charge in [-0.2, -0.15) is 0 Å². The Hall–Kier alpha value is -8.20. The summed E-state index contributed by atoms with van der Waals surface area (Å²) in [5.74, 6) is 0. The van der Waals surface area contributed by atoms with E-state index in [9.17, 15) is 0 Å². The van der Waals surface area contributed by atoms with Crippen LogP contribution in [0.2, 0.25) is 0 Å². The van der Waals surface area contributed by atoms with Crippen LogP contribution >= 0.6 is 0 Å². The molecule has 0 saturated carbocycles. The van der Waals surface area contributed by atoms with Crippen LogP contribution in [-0.4, -0.2) is 0 Å². The molecule has 1 heterocycles. The Balaban J connectivity index is 1.02. The Morgan fingerprint density at radius 3 is 1.39 bits per heavy atom. The van der Waals surface area contributed by atoms with Crippen molar-refractivity contribution in [2.24, 2.45) is 0 Å². The monoisotopic (exact) mass is 813 g/mol. The fourth-order valence-corrected chi connectivity index (χ4v) is 12.3. The molecule has 1 aromatic heterocycles. The molecule has 0 radical (unpaired) electrons. The van der Waals surface area contributed by atoms with Gasteiger partial charge in [-0.05, 0) is 109 Å². The van der Waals surface area contributed by atoms with Gasteiger partial charge < -0.3 is 9.32 Å². The molecule has 3 aliphatic rings. The van der Waals surface area contributed by atoms with Crippen LogP contribution in [0.5, 0.6) is 0 Å². The molecule has 10 aromatic carbocycles. The SMILES string of the molecule is c1ccc(N(c2ccc3c(c2)oc2cccc(C4(c5ccccc5)c5ccccc5-c5ccccc54)c23)c2cccc3c2-c2ccccc2C32c3ccccc3-c3ccccc32)cc1. The third kappa shape index (κ3) is 4.44. The molecule has 2 heteroatoms. The minimum absolute atomic E-state index is 0.442. The Bertz CT molecular complexity index is 3600. The Kier molecular flexibility index (Phi) is 7.28. The number of anilines is 3. The Labute approximate surface area is 372 Å². The molecule has 0 aliphatic heterocycles. The van der Waals surface area contributed by atoms with E-state index in [1.54, 1.807) is 0 Å². The molecular formula is C62H39NO. The van der Waals surface area contributed by atoms with E-state index in [1.807, 2.05) is 0 Å². The van der Waals surface area contributed by atoms with Gasteiger partial charge in [-0.3, -0.25) is 0 Å². The van der Waals surface area contributed by atoms with Crippen molar-refractivity contribution in [2.45, 2.75) is 10.8 Å². The zero-order valence-electron chi connectivity index (χ0n) is 34.9. The number of nitrogens with zero attached hydrogens (tertiary/aromatic N) is 1. The largest absolute Gasteiger partial charge is 0.456 e. The van der Waals surface area contributed by atoms with E-state index >= 15 is 0 Å². The highest BCUT2D eigenvalue weighted by atomic mass is 16.3. The van der Waals surface area contributed by atoms with Crippen LogP contribution in [0.1, 0.15) is 44.5 Å². The van der Waals surface area contributed by atoms with Crippen LogP contribution in [0, 0.1) is 0 Å². The van der Waals surface area contributed by atoms with E-state index in [4.69, 9.17) is 4.42 Å². The molecule has 0 atom stereocenters. The number of benzene rings is 10. The lowest BCUT2D eigenvalue weighted by Crippen LogP contribution is -2.28. The first-order chi connectivity index (χ1) is 31.8. The molecule has 0 fully saturated rings. The minimum Gasteiger partial charge on any atom is -0.456 e. The maximum Gasteiger partial charge on any atom is 0.137 e. The molecule has 11 aromatic rings. The van der Waals surface area contributed by atoms with E-state index < -0.39 is 10.8 Å². The van der Waals surface area contributed by atoms with E-state index in [1.165, 1.54) is 77.9 Å². The highest BCUT2D eigenvalue weighted by Crippen LogP contribution is 2.65. The summed E-state index contributed by atoms with van der Waals surface area (Å²) in [4.78, 5) is 2.43. The molecule has 64 heavy (non-hydrogen) atoms. The van der Waals surface area contributed by atoms with Crippen molar-refractivity contribution in [3.05, 3.63) is 281 Å². The summed E-state index contributed by atoms with van der Waals surface area (Å²) in [6.07, 6.45) is 0. The van der Waals surface area contributed by atoms with Gasteiger partial charge in [-0.15, -0.1) is 0 Å². The molecule has 298 valence electrons. The number of rotatable bonds is 5. The van der Waals surface area contributed by atoms with Gasteiger partial charge in [0.2, 0.25) is 0 Å². The molecular weight excluding hydrogens is 775 g/mol. The van der Waals surface area contributed by atoms with Gasteiger partial charge in [-0.25, -0.2) is 0 Å². The standard InChI is InChI=1S/C62H39NO/c1-3-19-40(20-4-1)61(49-28-12-7-23-43(49)44-24-8-13-29-50(44)61)55-34-18-36-57-60(55)48-38-37-42(39-58(48)64-57)63(41-21-5-2-6-22-41)56-35-17-33-54-59(56)47-27-11-16-32-53(47)62(54)51-30-14-9-25-45(51)46-26-10-15-31-52(46)62/h1-39H. The van der Waals surface area contributed by atoms with Crippen molar-refractivity contribution < 1.29 is 4.42 Å². The third-order valence-corrected chi connectivity index (χ3v) is 14.6. The van der Waals surface area contributed by atoms with Crippen molar-refractivity contribution >= 4 is 39.0 Å². The van der Waals surface area contributed by atoms with Crippen molar-refractivity contribution in [1.29, 1.82) is 0 Å². The van der Waals surface area contributed by atoms with E-state index in [0.29, 0.717) is 0 Å². The van der Waals surface area contributed by atoms with E-state index in [0.717, 1.165) is 39.0 Å². The van der Waals surface area contributed by atoms with Crippen LogP contribution in [0.4, 0.5) is 17.1 Å². The molecule has 2 nitrogen and oxygen atoms in total. The zero-order valence-corrected chi connectivity index (χ0v) is 34.9.